The van der Waals surface area contributed by atoms with Crippen molar-refractivity contribution in [1.29, 1.82) is 0 Å². The largest absolute Gasteiger partial charge is 0.399 e. The van der Waals surface area contributed by atoms with Crippen molar-refractivity contribution in [2.75, 3.05) is 5.73 Å². The fourth-order valence-corrected chi connectivity index (χ4v) is 2.27. The van der Waals surface area contributed by atoms with Crippen LogP contribution in [0.15, 0.2) is 48.8 Å². The Morgan fingerprint density at radius 3 is 2.64 bits per heavy atom. The highest BCUT2D eigenvalue weighted by molar-refractivity contribution is 5.57. The molecule has 0 aliphatic rings. The molecule has 0 radical (unpaired) electrons. The van der Waals surface area contributed by atoms with Crippen LogP contribution in [0.2, 0.25) is 0 Å². The lowest BCUT2D eigenvalue weighted by atomic mass is 10.1. The molecule has 3 rings (SSSR count). The van der Waals surface area contributed by atoms with E-state index in [1.165, 1.54) is 12.3 Å². The summed E-state index contributed by atoms with van der Waals surface area (Å²) < 4.78 is 42.0. The maximum atomic E-state index is 13.9. The van der Waals surface area contributed by atoms with Gasteiger partial charge in [0.05, 0.1) is 5.56 Å². The number of hydrogen-bond donors (Lipinski definition) is 1. The minimum Gasteiger partial charge on any atom is -0.399 e. The molecule has 0 unspecified atom stereocenters. The molecule has 0 amide bonds. The zero-order chi connectivity index (χ0) is 15.7. The second-order valence-corrected chi connectivity index (χ2v) is 4.85. The Morgan fingerprint density at radius 2 is 1.86 bits per heavy atom. The third-order valence-electron chi connectivity index (χ3n) is 3.30. The number of nitrogens with two attached hydrogens (primary N) is 1. The molecule has 2 aromatic carbocycles. The van der Waals surface area contributed by atoms with E-state index >= 15 is 0 Å². The average molecular weight is 303 g/mol. The minimum absolute atomic E-state index is 0.0900. The molecule has 0 atom stereocenters. The van der Waals surface area contributed by atoms with E-state index in [9.17, 15) is 13.2 Å². The van der Waals surface area contributed by atoms with Gasteiger partial charge >= 0.3 is 0 Å². The molecular formula is C16H12F3N3. The van der Waals surface area contributed by atoms with E-state index in [0.717, 1.165) is 11.6 Å². The molecule has 1 heterocycles. The van der Waals surface area contributed by atoms with Gasteiger partial charge in [-0.15, -0.1) is 0 Å². The van der Waals surface area contributed by atoms with E-state index in [2.05, 4.69) is 4.98 Å². The number of benzene rings is 2. The van der Waals surface area contributed by atoms with Gasteiger partial charge in [0.1, 0.15) is 5.82 Å². The maximum absolute atomic E-state index is 13.9. The van der Waals surface area contributed by atoms with Crippen LogP contribution in [0.5, 0.6) is 0 Å². The van der Waals surface area contributed by atoms with Gasteiger partial charge < -0.3 is 10.3 Å². The number of hydrogen-bond acceptors (Lipinski definition) is 2. The predicted molar refractivity (Wildman–Crippen MR) is 77.5 cm³/mol. The van der Waals surface area contributed by atoms with Crippen molar-refractivity contribution in [2.24, 2.45) is 0 Å². The lowest BCUT2D eigenvalue weighted by molar-refractivity contribution is 0.448. The number of anilines is 1. The Labute approximate surface area is 124 Å². The Morgan fingerprint density at radius 1 is 1.05 bits per heavy atom. The Kier molecular flexibility index (Phi) is 3.58. The first kappa shape index (κ1) is 14.2. The Hall–Kier alpha value is -2.76. The molecule has 3 nitrogen and oxygen atoms in total. The second kappa shape index (κ2) is 5.55. The zero-order valence-electron chi connectivity index (χ0n) is 11.4. The van der Waals surface area contributed by atoms with Crippen LogP contribution in [-0.4, -0.2) is 9.55 Å². The first-order chi connectivity index (χ1) is 10.6. The summed E-state index contributed by atoms with van der Waals surface area (Å²) in [6.07, 6.45) is 3.11. The molecule has 1 aromatic heterocycles. The van der Waals surface area contributed by atoms with Crippen molar-refractivity contribution in [2.45, 2.75) is 6.54 Å². The number of nitrogen functional groups attached to an aromatic ring is 1. The first-order valence-corrected chi connectivity index (χ1v) is 6.55. The van der Waals surface area contributed by atoms with Gasteiger partial charge in [-0.2, -0.15) is 0 Å². The predicted octanol–water partition coefficient (Wildman–Crippen LogP) is 3.60. The zero-order valence-corrected chi connectivity index (χ0v) is 11.4. The molecule has 112 valence electrons. The summed E-state index contributed by atoms with van der Waals surface area (Å²) in [6, 6.07) is 9.26. The summed E-state index contributed by atoms with van der Waals surface area (Å²) in [4.78, 5) is 4.04. The van der Waals surface area contributed by atoms with Crippen LogP contribution in [0.25, 0.3) is 11.4 Å². The van der Waals surface area contributed by atoms with Crippen molar-refractivity contribution < 1.29 is 13.2 Å². The second-order valence-electron chi connectivity index (χ2n) is 4.85. The quantitative estimate of drug-likeness (QED) is 0.593. The van der Waals surface area contributed by atoms with E-state index in [1.807, 2.05) is 6.07 Å². The standard InChI is InChI=1S/C16H12F3N3/c17-13-5-4-12(14(18)15(13)19)16-21-6-7-22(16)9-10-2-1-3-11(20)8-10/h1-8H,9,20H2. The van der Waals surface area contributed by atoms with Crippen molar-refractivity contribution >= 4 is 5.69 Å². The number of rotatable bonds is 3. The van der Waals surface area contributed by atoms with Crippen molar-refractivity contribution in [3.05, 3.63) is 71.8 Å². The van der Waals surface area contributed by atoms with Crippen LogP contribution in [0.1, 0.15) is 5.56 Å². The van der Waals surface area contributed by atoms with Crippen LogP contribution in [0.4, 0.5) is 18.9 Å². The molecule has 0 bridgehead atoms. The van der Waals surface area contributed by atoms with Crippen molar-refractivity contribution in [3.8, 4) is 11.4 Å². The van der Waals surface area contributed by atoms with Crippen molar-refractivity contribution in [1.82, 2.24) is 9.55 Å². The van der Waals surface area contributed by atoms with Gasteiger partial charge in [0, 0.05) is 24.6 Å². The molecule has 6 heteroatoms. The number of nitrogens with zero attached hydrogens (tertiary/aromatic N) is 2. The lowest BCUT2D eigenvalue weighted by Crippen LogP contribution is -2.04. The van der Waals surface area contributed by atoms with Crippen LogP contribution >= 0.6 is 0 Å². The molecular weight excluding hydrogens is 291 g/mol. The van der Waals surface area contributed by atoms with E-state index in [-0.39, 0.29) is 11.4 Å². The van der Waals surface area contributed by atoms with Crippen LogP contribution in [0, 0.1) is 17.5 Å². The summed E-state index contributed by atoms with van der Waals surface area (Å²) in [7, 11) is 0. The maximum Gasteiger partial charge on any atom is 0.195 e. The normalized spacial score (nSPS) is 10.9. The third-order valence-corrected chi connectivity index (χ3v) is 3.30. The molecule has 0 aliphatic carbocycles. The highest BCUT2D eigenvalue weighted by Gasteiger charge is 2.18. The molecule has 22 heavy (non-hydrogen) atoms. The third kappa shape index (κ3) is 2.55. The molecule has 3 aromatic rings. The average Bonchev–Trinajstić information content (AvgIpc) is 2.93. The van der Waals surface area contributed by atoms with Crippen molar-refractivity contribution in [3.63, 3.8) is 0 Å². The molecule has 0 saturated carbocycles. The highest BCUT2D eigenvalue weighted by Crippen LogP contribution is 2.25. The number of aromatic nitrogens is 2. The smallest absolute Gasteiger partial charge is 0.195 e. The number of imidazole rings is 1. The monoisotopic (exact) mass is 303 g/mol. The highest BCUT2D eigenvalue weighted by atomic mass is 19.2. The SMILES string of the molecule is Nc1cccc(Cn2ccnc2-c2ccc(F)c(F)c2F)c1. The van der Waals surface area contributed by atoms with E-state index in [0.29, 0.717) is 12.2 Å². The molecule has 0 spiro atoms. The Balaban J connectivity index is 2.01. The fraction of sp³-hybridized carbons (Fsp3) is 0.0625. The van der Waals surface area contributed by atoms with E-state index in [1.54, 1.807) is 29.0 Å². The minimum atomic E-state index is -1.50. The van der Waals surface area contributed by atoms with Gasteiger partial charge in [-0.3, -0.25) is 0 Å². The van der Waals surface area contributed by atoms with Gasteiger partial charge in [0.25, 0.3) is 0 Å². The number of halogens is 3. The lowest BCUT2D eigenvalue weighted by Gasteiger charge is -2.10. The van der Waals surface area contributed by atoms with Crippen LogP contribution < -0.4 is 5.73 Å². The van der Waals surface area contributed by atoms with Crippen LogP contribution in [0.3, 0.4) is 0 Å². The molecule has 0 fully saturated rings. The molecule has 0 saturated heterocycles. The van der Waals surface area contributed by atoms with Crippen LogP contribution in [-0.2, 0) is 6.54 Å². The summed E-state index contributed by atoms with van der Waals surface area (Å²) in [6.45, 7) is 0.388. The van der Waals surface area contributed by atoms with E-state index < -0.39 is 17.5 Å². The first-order valence-electron chi connectivity index (χ1n) is 6.55. The summed E-state index contributed by atoms with van der Waals surface area (Å²) >= 11 is 0. The van der Waals surface area contributed by atoms with Gasteiger partial charge in [-0.1, -0.05) is 12.1 Å². The molecule has 0 aliphatic heterocycles. The summed E-state index contributed by atoms with van der Waals surface area (Å²) in [5.74, 6) is -3.76. The summed E-state index contributed by atoms with van der Waals surface area (Å²) in [5, 5.41) is 0. The molecule has 2 N–H and O–H groups in total. The Bertz CT molecular complexity index is 827. The van der Waals surface area contributed by atoms with Gasteiger partial charge in [-0.25, -0.2) is 18.2 Å². The van der Waals surface area contributed by atoms with E-state index in [4.69, 9.17) is 5.73 Å². The van der Waals surface area contributed by atoms with Gasteiger partial charge in [-0.05, 0) is 29.8 Å². The van der Waals surface area contributed by atoms with Gasteiger partial charge in [0.15, 0.2) is 17.5 Å². The summed E-state index contributed by atoms with van der Waals surface area (Å²) in [5.41, 5.74) is 7.13. The topological polar surface area (TPSA) is 43.8 Å². The fourth-order valence-electron chi connectivity index (χ4n) is 2.27. The van der Waals surface area contributed by atoms with Gasteiger partial charge in [0.2, 0.25) is 0 Å².